The maximum atomic E-state index is 10.2. The number of azide groups is 1. The first kappa shape index (κ1) is 14.3. The first-order chi connectivity index (χ1) is 9.65. The fourth-order valence-electron chi connectivity index (χ4n) is 2.23. The van der Waals surface area contributed by atoms with Crippen LogP contribution in [0.3, 0.4) is 0 Å². The lowest BCUT2D eigenvalue weighted by molar-refractivity contribution is 0.0147. The number of rotatable bonds is 5. The van der Waals surface area contributed by atoms with Crippen molar-refractivity contribution in [2.24, 2.45) is 5.11 Å². The highest BCUT2D eigenvalue weighted by Gasteiger charge is 2.20. The Bertz CT molecular complexity index is 653. The normalized spacial score (nSPS) is 13.8. The third-order valence-corrected chi connectivity index (χ3v) is 3.34. The minimum absolute atomic E-state index is 0.152. The van der Waals surface area contributed by atoms with Crippen LogP contribution in [0.2, 0.25) is 0 Å². The minimum Gasteiger partial charge on any atom is -0.390 e. The van der Waals surface area contributed by atoms with E-state index < -0.39 is 12.2 Å². The molecule has 0 spiro atoms. The highest BCUT2D eigenvalue weighted by molar-refractivity contribution is 5.82. The minimum atomic E-state index is -1.02. The van der Waals surface area contributed by atoms with Crippen molar-refractivity contribution in [1.29, 1.82) is 0 Å². The van der Waals surface area contributed by atoms with Crippen LogP contribution < -0.4 is 0 Å². The molecule has 2 rings (SSSR count). The molecule has 2 N–H and O–H groups in total. The summed E-state index contributed by atoms with van der Waals surface area (Å²) in [6.45, 7) is 2.02. The van der Waals surface area contributed by atoms with Crippen molar-refractivity contribution >= 4 is 10.9 Å². The summed E-state index contributed by atoms with van der Waals surface area (Å²) in [6, 6.07) is 7.46. The summed E-state index contributed by atoms with van der Waals surface area (Å²) >= 11 is 0. The van der Waals surface area contributed by atoms with Gasteiger partial charge in [-0.15, -0.1) is 0 Å². The molecule has 0 aliphatic heterocycles. The average Bonchev–Trinajstić information content (AvgIpc) is 2.47. The Hall–Kier alpha value is -2.14. The van der Waals surface area contributed by atoms with Crippen molar-refractivity contribution < 1.29 is 10.2 Å². The SMILES string of the molecule is Cc1c(C(O)C(O)CCN=[N+]=[N-])ccc2cccnc12. The van der Waals surface area contributed by atoms with Crippen LogP contribution in [-0.2, 0) is 0 Å². The molecule has 104 valence electrons. The molecule has 0 aliphatic carbocycles. The van der Waals surface area contributed by atoms with E-state index in [1.54, 1.807) is 12.3 Å². The summed E-state index contributed by atoms with van der Waals surface area (Å²) < 4.78 is 0. The standard InChI is InChI=1S/C14H16N4O2/c1-9-11(14(20)12(19)6-8-17-18-15)5-4-10-3-2-7-16-13(9)10/h2-5,7,12,14,19-20H,6,8H2,1H3. The second kappa shape index (κ2) is 6.34. The zero-order chi connectivity index (χ0) is 14.5. The van der Waals surface area contributed by atoms with Gasteiger partial charge in [-0.1, -0.05) is 23.3 Å². The van der Waals surface area contributed by atoms with E-state index in [1.807, 2.05) is 25.1 Å². The number of aryl methyl sites for hydroxylation is 1. The van der Waals surface area contributed by atoms with E-state index >= 15 is 0 Å². The monoisotopic (exact) mass is 272 g/mol. The molecule has 20 heavy (non-hydrogen) atoms. The van der Waals surface area contributed by atoms with Gasteiger partial charge in [0.2, 0.25) is 0 Å². The van der Waals surface area contributed by atoms with Crippen LogP contribution in [0, 0.1) is 6.92 Å². The molecule has 0 saturated carbocycles. The van der Waals surface area contributed by atoms with Gasteiger partial charge >= 0.3 is 0 Å². The first-order valence-corrected chi connectivity index (χ1v) is 6.36. The van der Waals surface area contributed by atoms with Crippen LogP contribution in [0.1, 0.15) is 23.7 Å². The highest BCUT2D eigenvalue weighted by atomic mass is 16.3. The number of aliphatic hydroxyl groups is 2. The molecule has 1 aromatic carbocycles. The molecular formula is C14H16N4O2. The van der Waals surface area contributed by atoms with E-state index in [0.29, 0.717) is 5.56 Å². The van der Waals surface area contributed by atoms with Crippen molar-refractivity contribution in [1.82, 2.24) is 4.98 Å². The number of pyridine rings is 1. The number of hydrogen-bond donors (Lipinski definition) is 2. The van der Waals surface area contributed by atoms with Crippen LogP contribution in [0.4, 0.5) is 0 Å². The summed E-state index contributed by atoms with van der Waals surface area (Å²) in [5.74, 6) is 0. The topological polar surface area (TPSA) is 102 Å². The Balaban J connectivity index is 2.27. The molecule has 6 nitrogen and oxygen atoms in total. The predicted octanol–water partition coefficient (Wildman–Crippen LogP) is 2.64. The van der Waals surface area contributed by atoms with Crippen LogP contribution in [0.15, 0.2) is 35.6 Å². The highest BCUT2D eigenvalue weighted by Crippen LogP contribution is 2.27. The van der Waals surface area contributed by atoms with Gasteiger partial charge in [-0.25, -0.2) is 0 Å². The van der Waals surface area contributed by atoms with Gasteiger partial charge in [-0.2, -0.15) is 0 Å². The Morgan fingerprint density at radius 1 is 1.35 bits per heavy atom. The lowest BCUT2D eigenvalue weighted by atomic mass is 9.95. The Morgan fingerprint density at radius 3 is 2.90 bits per heavy atom. The molecule has 0 fully saturated rings. The number of aliphatic hydroxyl groups excluding tert-OH is 2. The van der Waals surface area contributed by atoms with E-state index in [1.165, 1.54) is 0 Å². The number of benzene rings is 1. The second-order valence-electron chi connectivity index (χ2n) is 4.61. The van der Waals surface area contributed by atoms with Crippen LogP contribution >= 0.6 is 0 Å². The number of nitrogens with zero attached hydrogens (tertiary/aromatic N) is 4. The molecule has 2 unspecified atom stereocenters. The number of fused-ring (bicyclic) bond motifs is 1. The van der Waals surface area contributed by atoms with Gasteiger partial charge < -0.3 is 10.2 Å². The molecule has 2 aromatic rings. The van der Waals surface area contributed by atoms with Crippen LogP contribution in [0.25, 0.3) is 21.3 Å². The maximum Gasteiger partial charge on any atom is 0.105 e. The zero-order valence-corrected chi connectivity index (χ0v) is 11.1. The van der Waals surface area contributed by atoms with Gasteiger partial charge in [0.15, 0.2) is 0 Å². The van der Waals surface area contributed by atoms with E-state index in [0.717, 1.165) is 16.5 Å². The molecule has 0 saturated heterocycles. The van der Waals surface area contributed by atoms with Crippen LogP contribution in [-0.4, -0.2) is 27.8 Å². The average molecular weight is 272 g/mol. The Morgan fingerprint density at radius 2 is 2.15 bits per heavy atom. The fraction of sp³-hybridized carbons (Fsp3) is 0.357. The summed E-state index contributed by atoms with van der Waals surface area (Å²) in [4.78, 5) is 6.92. The molecule has 1 heterocycles. The maximum absolute atomic E-state index is 10.2. The third-order valence-electron chi connectivity index (χ3n) is 3.34. The van der Waals surface area contributed by atoms with Crippen LogP contribution in [0.5, 0.6) is 0 Å². The lowest BCUT2D eigenvalue weighted by Crippen LogP contribution is -2.20. The molecule has 6 heteroatoms. The molecule has 0 amide bonds. The zero-order valence-electron chi connectivity index (χ0n) is 11.1. The summed E-state index contributed by atoms with van der Waals surface area (Å²) in [5.41, 5.74) is 10.5. The molecule has 1 aromatic heterocycles. The van der Waals surface area contributed by atoms with Crippen molar-refractivity contribution in [3.05, 3.63) is 52.0 Å². The van der Waals surface area contributed by atoms with E-state index in [-0.39, 0.29) is 13.0 Å². The van der Waals surface area contributed by atoms with Gasteiger partial charge in [-0.3, -0.25) is 4.98 Å². The second-order valence-corrected chi connectivity index (χ2v) is 4.61. The predicted molar refractivity (Wildman–Crippen MR) is 76.1 cm³/mol. The van der Waals surface area contributed by atoms with Crippen molar-refractivity contribution in [3.8, 4) is 0 Å². The lowest BCUT2D eigenvalue weighted by Gasteiger charge is -2.20. The number of aromatic nitrogens is 1. The number of hydrogen-bond acceptors (Lipinski definition) is 4. The van der Waals surface area contributed by atoms with Gasteiger partial charge in [0, 0.05) is 23.0 Å². The van der Waals surface area contributed by atoms with Crippen molar-refractivity contribution in [2.75, 3.05) is 6.54 Å². The fourth-order valence-corrected chi connectivity index (χ4v) is 2.23. The van der Waals surface area contributed by atoms with E-state index in [4.69, 9.17) is 5.53 Å². The smallest absolute Gasteiger partial charge is 0.105 e. The third kappa shape index (κ3) is 2.88. The van der Waals surface area contributed by atoms with Crippen molar-refractivity contribution in [3.63, 3.8) is 0 Å². The van der Waals surface area contributed by atoms with Gasteiger partial charge in [0.25, 0.3) is 0 Å². The summed E-state index contributed by atoms with van der Waals surface area (Å²) in [7, 11) is 0. The molecule has 0 bridgehead atoms. The summed E-state index contributed by atoms with van der Waals surface area (Å²) in [5, 5.41) is 24.5. The first-order valence-electron chi connectivity index (χ1n) is 6.36. The summed E-state index contributed by atoms with van der Waals surface area (Å²) in [6.07, 6.45) is -0.0789. The van der Waals surface area contributed by atoms with E-state index in [2.05, 4.69) is 15.0 Å². The Labute approximate surface area is 116 Å². The largest absolute Gasteiger partial charge is 0.390 e. The quantitative estimate of drug-likeness (QED) is 0.496. The molecular weight excluding hydrogens is 256 g/mol. The molecule has 0 aliphatic rings. The van der Waals surface area contributed by atoms with E-state index in [9.17, 15) is 10.2 Å². The Kier molecular flexibility index (Phi) is 4.53. The van der Waals surface area contributed by atoms with Gasteiger partial charge in [0.05, 0.1) is 11.6 Å². The molecule has 0 radical (unpaired) electrons. The van der Waals surface area contributed by atoms with Gasteiger partial charge in [-0.05, 0) is 36.1 Å². The van der Waals surface area contributed by atoms with Crippen molar-refractivity contribution in [2.45, 2.75) is 25.6 Å². The molecule has 2 atom stereocenters. The van der Waals surface area contributed by atoms with Gasteiger partial charge in [0.1, 0.15) is 6.10 Å².